The highest BCUT2D eigenvalue weighted by Gasteiger charge is 2.13. The van der Waals surface area contributed by atoms with E-state index in [1.807, 2.05) is 12.1 Å². The van der Waals surface area contributed by atoms with E-state index in [4.69, 9.17) is 9.47 Å². The summed E-state index contributed by atoms with van der Waals surface area (Å²) in [6.45, 7) is 4.52. The summed E-state index contributed by atoms with van der Waals surface area (Å²) in [4.78, 5) is 0. The van der Waals surface area contributed by atoms with Crippen LogP contribution in [0.1, 0.15) is 18.9 Å². The van der Waals surface area contributed by atoms with Gasteiger partial charge in [0.15, 0.2) is 11.6 Å². The van der Waals surface area contributed by atoms with E-state index in [9.17, 15) is 4.39 Å². The number of hydrogen-bond donors (Lipinski definition) is 1. The topological polar surface area (TPSA) is 30.5 Å². The quantitative estimate of drug-likeness (QED) is 0.699. The van der Waals surface area contributed by atoms with Gasteiger partial charge < -0.3 is 14.8 Å². The molecule has 0 saturated carbocycles. The Morgan fingerprint density at radius 3 is 2.74 bits per heavy atom. The fourth-order valence-electron chi connectivity index (χ4n) is 2.02. The molecule has 108 valence electrons. The molecule has 0 amide bonds. The van der Waals surface area contributed by atoms with Gasteiger partial charge >= 0.3 is 0 Å². The lowest BCUT2D eigenvalue weighted by molar-refractivity contribution is 0.197. The van der Waals surface area contributed by atoms with Gasteiger partial charge in [0.2, 0.25) is 0 Å². The van der Waals surface area contributed by atoms with Gasteiger partial charge in [-0.25, -0.2) is 4.39 Å². The van der Waals surface area contributed by atoms with Gasteiger partial charge in [-0.2, -0.15) is 0 Å². The standard InChI is InChI=1S/C15H24FNO2/c1-4-12(11-17-8-9-18-2)10-13-6-5-7-14(19-3)15(13)16/h5-7,12,17H,4,8-11H2,1-3H3. The van der Waals surface area contributed by atoms with E-state index in [0.29, 0.717) is 18.3 Å². The molecule has 0 radical (unpaired) electrons. The fourth-order valence-corrected chi connectivity index (χ4v) is 2.02. The lowest BCUT2D eigenvalue weighted by Gasteiger charge is -2.17. The predicted molar refractivity (Wildman–Crippen MR) is 75.2 cm³/mol. The van der Waals surface area contributed by atoms with Crippen molar-refractivity contribution in [2.24, 2.45) is 5.92 Å². The molecule has 19 heavy (non-hydrogen) atoms. The molecule has 1 rings (SSSR count). The zero-order chi connectivity index (χ0) is 14.1. The monoisotopic (exact) mass is 269 g/mol. The molecule has 1 N–H and O–H groups in total. The van der Waals surface area contributed by atoms with E-state index in [2.05, 4.69) is 12.2 Å². The third kappa shape index (κ3) is 5.17. The Bertz CT molecular complexity index is 371. The van der Waals surface area contributed by atoms with Crippen LogP contribution in [0.4, 0.5) is 4.39 Å². The Hall–Kier alpha value is -1.13. The van der Waals surface area contributed by atoms with Crippen LogP contribution in [0.2, 0.25) is 0 Å². The zero-order valence-electron chi connectivity index (χ0n) is 12.0. The Morgan fingerprint density at radius 1 is 1.32 bits per heavy atom. The molecule has 1 aromatic rings. The maximum atomic E-state index is 14.0. The highest BCUT2D eigenvalue weighted by molar-refractivity contribution is 5.31. The molecular weight excluding hydrogens is 245 g/mol. The number of methoxy groups -OCH3 is 2. The van der Waals surface area contributed by atoms with E-state index >= 15 is 0 Å². The molecule has 0 aliphatic rings. The van der Waals surface area contributed by atoms with Crippen molar-refractivity contribution in [2.45, 2.75) is 19.8 Å². The van der Waals surface area contributed by atoms with E-state index in [-0.39, 0.29) is 5.82 Å². The molecule has 0 fully saturated rings. The van der Waals surface area contributed by atoms with E-state index in [1.165, 1.54) is 7.11 Å². The molecule has 3 nitrogen and oxygen atoms in total. The highest BCUT2D eigenvalue weighted by Crippen LogP contribution is 2.23. The van der Waals surface area contributed by atoms with E-state index in [1.54, 1.807) is 13.2 Å². The number of hydrogen-bond acceptors (Lipinski definition) is 3. The zero-order valence-corrected chi connectivity index (χ0v) is 12.0. The first kappa shape index (κ1) is 15.9. The van der Waals surface area contributed by atoms with Crippen molar-refractivity contribution in [1.82, 2.24) is 5.32 Å². The van der Waals surface area contributed by atoms with Crippen molar-refractivity contribution in [2.75, 3.05) is 33.9 Å². The Balaban J connectivity index is 2.55. The second-order valence-corrected chi connectivity index (χ2v) is 4.61. The summed E-state index contributed by atoms with van der Waals surface area (Å²) in [7, 11) is 3.18. The van der Waals surface area contributed by atoms with Crippen LogP contribution in [0.25, 0.3) is 0 Å². The maximum Gasteiger partial charge on any atom is 0.168 e. The largest absolute Gasteiger partial charge is 0.494 e. The lowest BCUT2D eigenvalue weighted by Crippen LogP contribution is -2.27. The summed E-state index contributed by atoms with van der Waals surface area (Å²) >= 11 is 0. The van der Waals surface area contributed by atoms with Gasteiger partial charge in [-0.1, -0.05) is 25.5 Å². The first-order valence-electron chi connectivity index (χ1n) is 6.73. The van der Waals surface area contributed by atoms with Gasteiger partial charge in [-0.3, -0.25) is 0 Å². The average molecular weight is 269 g/mol. The first-order chi connectivity index (χ1) is 9.22. The molecule has 1 aromatic carbocycles. The Labute approximate surface area is 115 Å². The van der Waals surface area contributed by atoms with Crippen LogP contribution < -0.4 is 10.1 Å². The predicted octanol–water partition coefficient (Wildman–Crippen LogP) is 2.64. The summed E-state index contributed by atoms with van der Waals surface area (Å²) in [5, 5.41) is 3.33. The van der Waals surface area contributed by atoms with Gasteiger partial charge in [-0.15, -0.1) is 0 Å². The molecule has 0 bridgehead atoms. The van der Waals surface area contributed by atoms with Crippen LogP contribution >= 0.6 is 0 Å². The minimum Gasteiger partial charge on any atom is -0.494 e. The minimum absolute atomic E-state index is 0.236. The second-order valence-electron chi connectivity index (χ2n) is 4.61. The van der Waals surface area contributed by atoms with Crippen molar-refractivity contribution in [1.29, 1.82) is 0 Å². The average Bonchev–Trinajstić information content (AvgIpc) is 2.44. The van der Waals surface area contributed by atoms with Crippen molar-refractivity contribution in [3.05, 3.63) is 29.6 Å². The summed E-state index contributed by atoms with van der Waals surface area (Å²) in [6.07, 6.45) is 1.73. The van der Waals surface area contributed by atoms with Gasteiger partial charge in [-0.05, 0) is 30.5 Å². The molecule has 0 heterocycles. The van der Waals surface area contributed by atoms with E-state index < -0.39 is 0 Å². The van der Waals surface area contributed by atoms with Crippen molar-refractivity contribution >= 4 is 0 Å². The molecule has 1 unspecified atom stereocenters. The normalized spacial score (nSPS) is 12.4. The summed E-state index contributed by atoms with van der Waals surface area (Å²) in [6, 6.07) is 5.31. The fraction of sp³-hybridized carbons (Fsp3) is 0.600. The number of nitrogens with one attached hydrogen (secondary N) is 1. The smallest absolute Gasteiger partial charge is 0.168 e. The lowest BCUT2D eigenvalue weighted by atomic mass is 9.96. The SMILES string of the molecule is CCC(CNCCOC)Cc1cccc(OC)c1F. The van der Waals surface area contributed by atoms with Crippen LogP contribution in [0, 0.1) is 11.7 Å². The van der Waals surface area contributed by atoms with Crippen LogP contribution in [0.15, 0.2) is 18.2 Å². The third-order valence-corrected chi connectivity index (χ3v) is 3.27. The van der Waals surface area contributed by atoms with Crippen molar-refractivity contribution in [3.63, 3.8) is 0 Å². The molecule has 0 aliphatic carbocycles. The molecule has 1 atom stereocenters. The van der Waals surface area contributed by atoms with Crippen LogP contribution in [-0.4, -0.2) is 33.9 Å². The van der Waals surface area contributed by atoms with Crippen LogP contribution in [0.5, 0.6) is 5.75 Å². The minimum atomic E-state index is -0.236. The van der Waals surface area contributed by atoms with Gasteiger partial charge in [0.1, 0.15) is 0 Å². The number of benzene rings is 1. The van der Waals surface area contributed by atoms with Crippen molar-refractivity contribution in [3.8, 4) is 5.75 Å². The third-order valence-electron chi connectivity index (χ3n) is 3.27. The molecule has 0 spiro atoms. The molecular formula is C15H24FNO2. The van der Waals surface area contributed by atoms with Gasteiger partial charge in [0, 0.05) is 13.7 Å². The Kier molecular flexibility index (Phi) is 7.45. The van der Waals surface area contributed by atoms with Crippen LogP contribution in [0.3, 0.4) is 0 Å². The van der Waals surface area contributed by atoms with E-state index in [0.717, 1.165) is 31.5 Å². The number of rotatable bonds is 9. The Morgan fingerprint density at radius 2 is 2.11 bits per heavy atom. The van der Waals surface area contributed by atoms with Gasteiger partial charge in [0.25, 0.3) is 0 Å². The summed E-state index contributed by atoms with van der Waals surface area (Å²) in [5.41, 5.74) is 0.722. The summed E-state index contributed by atoms with van der Waals surface area (Å²) in [5.74, 6) is 0.499. The van der Waals surface area contributed by atoms with Gasteiger partial charge in [0.05, 0.1) is 13.7 Å². The number of halogens is 1. The summed E-state index contributed by atoms with van der Waals surface area (Å²) < 4.78 is 24.0. The molecule has 0 aromatic heterocycles. The van der Waals surface area contributed by atoms with Crippen LogP contribution in [-0.2, 0) is 11.2 Å². The second kappa shape index (κ2) is 8.88. The molecule has 0 saturated heterocycles. The highest BCUT2D eigenvalue weighted by atomic mass is 19.1. The molecule has 0 aliphatic heterocycles. The first-order valence-corrected chi connectivity index (χ1v) is 6.73. The maximum absolute atomic E-state index is 14.0. The van der Waals surface area contributed by atoms with Crippen molar-refractivity contribution < 1.29 is 13.9 Å². The number of ether oxygens (including phenoxy) is 2. The molecule has 4 heteroatoms.